The van der Waals surface area contributed by atoms with Gasteiger partial charge in [-0.3, -0.25) is 0 Å². The van der Waals surface area contributed by atoms with E-state index in [-0.39, 0.29) is 5.41 Å². The van der Waals surface area contributed by atoms with E-state index in [0.717, 1.165) is 13.0 Å². The molecule has 2 N–H and O–H groups in total. The fourth-order valence-electron chi connectivity index (χ4n) is 1.73. The molecule has 0 aliphatic heterocycles. The molecule has 0 amide bonds. The van der Waals surface area contributed by atoms with Crippen LogP contribution < -0.4 is 5.73 Å². The van der Waals surface area contributed by atoms with Crippen LogP contribution in [0.3, 0.4) is 0 Å². The lowest BCUT2D eigenvalue weighted by Crippen LogP contribution is -2.11. The van der Waals surface area contributed by atoms with Gasteiger partial charge in [0.1, 0.15) is 0 Å². The van der Waals surface area contributed by atoms with Crippen LogP contribution in [0.25, 0.3) is 0 Å². The smallest absolute Gasteiger partial charge is 0.00715 e. The van der Waals surface area contributed by atoms with Crippen molar-refractivity contribution >= 4 is 0 Å². The lowest BCUT2D eigenvalue weighted by molar-refractivity contribution is 0.589. The van der Waals surface area contributed by atoms with Gasteiger partial charge in [0.2, 0.25) is 0 Å². The number of rotatable bonds is 3. The van der Waals surface area contributed by atoms with Gasteiger partial charge in [-0.15, -0.1) is 0 Å². The second-order valence-electron chi connectivity index (χ2n) is 5.35. The third kappa shape index (κ3) is 3.35. The summed E-state index contributed by atoms with van der Waals surface area (Å²) < 4.78 is 0. The number of nitrogens with two attached hydrogens (primary N) is 1. The average Bonchev–Trinajstić information content (AvgIpc) is 2.17. The van der Waals surface area contributed by atoms with E-state index in [1.54, 1.807) is 0 Å². The Hall–Kier alpha value is -0.820. The Morgan fingerprint density at radius 2 is 1.67 bits per heavy atom. The molecule has 0 aromatic heterocycles. The SMILES string of the molecule is C[C@H](CCN)c1ccc(C(C)(C)C)cc1. The molecule has 1 heteroatoms. The topological polar surface area (TPSA) is 26.0 Å². The first kappa shape index (κ1) is 12.3. The molecular weight excluding hydrogens is 182 g/mol. The van der Waals surface area contributed by atoms with E-state index in [1.807, 2.05) is 0 Å². The van der Waals surface area contributed by atoms with E-state index in [9.17, 15) is 0 Å². The molecule has 0 radical (unpaired) electrons. The second kappa shape index (κ2) is 4.80. The summed E-state index contributed by atoms with van der Waals surface area (Å²) in [4.78, 5) is 0. The van der Waals surface area contributed by atoms with Gasteiger partial charge in [0.05, 0.1) is 0 Å². The fraction of sp³-hybridized carbons (Fsp3) is 0.571. The lowest BCUT2D eigenvalue weighted by Gasteiger charge is -2.20. The van der Waals surface area contributed by atoms with Crippen LogP contribution in [0.5, 0.6) is 0 Å². The highest BCUT2D eigenvalue weighted by Gasteiger charge is 2.13. The van der Waals surface area contributed by atoms with Crippen LogP contribution in [-0.4, -0.2) is 6.54 Å². The zero-order chi connectivity index (χ0) is 11.5. The minimum absolute atomic E-state index is 0.246. The fourth-order valence-corrected chi connectivity index (χ4v) is 1.73. The van der Waals surface area contributed by atoms with Gasteiger partial charge >= 0.3 is 0 Å². The van der Waals surface area contributed by atoms with Gasteiger partial charge in [0.25, 0.3) is 0 Å². The van der Waals surface area contributed by atoms with Gasteiger partial charge in [0, 0.05) is 0 Å². The van der Waals surface area contributed by atoms with Gasteiger partial charge in [0.15, 0.2) is 0 Å². The standard InChI is InChI=1S/C14H23N/c1-11(9-10-15)12-5-7-13(8-6-12)14(2,3)4/h5-8,11H,9-10,15H2,1-4H3/t11-/m1/s1. The molecule has 1 atom stereocenters. The maximum absolute atomic E-state index is 5.57. The molecule has 1 nitrogen and oxygen atoms in total. The summed E-state index contributed by atoms with van der Waals surface area (Å²) in [7, 11) is 0. The maximum atomic E-state index is 5.57. The highest BCUT2D eigenvalue weighted by Crippen LogP contribution is 2.25. The minimum Gasteiger partial charge on any atom is -0.330 e. The Morgan fingerprint density at radius 3 is 2.07 bits per heavy atom. The predicted molar refractivity (Wildman–Crippen MR) is 67.2 cm³/mol. The van der Waals surface area contributed by atoms with E-state index in [2.05, 4.69) is 52.0 Å². The zero-order valence-electron chi connectivity index (χ0n) is 10.4. The van der Waals surface area contributed by atoms with Crippen LogP contribution >= 0.6 is 0 Å². The molecule has 0 fully saturated rings. The van der Waals surface area contributed by atoms with E-state index < -0.39 is 0 Å². The van der Waals surface area contributed by atoms with Crippen molar-refractivity contribution < 1.29 is 0 Å². The van der Waals surface area contributed by atoms with Crippen LogP contribution in [0.2, 0.25) is 0 Å². The van der Waals surface area contributed by atoms with Crippen molar-refractivity contribution in [2.75, 3.05) is 6.54 Å². The van der Waals surface area contributed by atoms with Gasteiger partial charge < -0.3 is 5.73 Å². The van der Waals surface area contributed by atoms with Crippen molar-refractivity contribution in [1.82, 2.24) is 0 Å². The highest BCUT2D eigenvalue weighted by molar-refractivity contribution is 5.29. The van der Waals surface area contributed by atoms with Gasteiger partial charge in [-0.2, -0.15) is 0 Å². The van der Waals surface area contributed by atoms with Gasteiger partial charge in [-0.25, -0.2) is 0 Å². The van der Waals surface area contributed by atoms with Crippen LogP contribution in [0.4, 0.5) is 0 Å². The molecule has 84 valence electrons. The summed E-state index contributed by atoms with van der Waals surface area (Å²) in [5.74, 6) is 0.573. The van der Waals surface area contributed by atoms with Crippen LogP contribution in [-0.2, 0) is 5.41 Å². The first-order chi connectivity index (χ1) is 6.95. The largest absolute Gasteiger partial charge is 0.330 e. The van der Waals surface area contributed by atoms with Gasteiger partial charge in [-0.05, 0) is 35.4 Å². The Morgan fingerprint density at radius 1 is 1.13 bits per heavy atom. The number of hydrogen-bond acceptors (Lipinski definition) is 1. The van der Waals surface area contributed by atoms with E-state index in [0.29, 0.717) is 5.92 Å². The zero-order valence-corrected chi connectivity index (χ0v) is 10.4. The Bertz CT molecular complexity index is 292. The Balaban J connectivity index is 2.81. The van der Waals surface area contributed by atoms with Crippen molar-refractivity contribution in [3.05, 3.63) is 35.4 Å². The molecule has 0 saturated carbocycles. The number of hydrogen-bond donors (Lipinski definition) is 1. The van der Waals surface area contributed by atoms with Crippen molar-refractivity contribution in [2.45, 2.75) is 45.4 Å². The third-order valence-electron chi connectivity index (χ3n) is 2.95. The van der Waals surface area contributed by atoms with Crippen LogP contribution in [0.1, 0.15) is 51.2 Å². The minimum atomic E-state index is 0.246. The lowest BCUT2D eigenvalue weighted by atomic mass is 9.85. The van der Waals surface area contributed by atoms with Crippen molar-refractivity contribution in [3.63, 3.8) is 0 Å². The molecule has 0 aliphatic carbocycles. The molecule has 0 spiro atoms. The molecule has 0 bridgehead atoms. The average molecular weight is 205 g/mol. The van der Waals surface area contributed by atoms with E-state index >= 15 is 0 Å². The molecule has 0 unspecified atom stereocenters. The van der Waals surface area contributed by atoms with Crippen molar-refractivity contribution in [3.8, 4) is 0 Å². The highest BCUT2D eigenvalue weighted by atomic mass is 14.5. The van der Waals surface area contributed by atoms with E-state index in [1.165, 1.54) is 11.1 Å². The van der Waals surface area contributed by atoms with Crippen molar-refractivity contribution in [2.24, 2.45) is 5.73 Å². The molecule has 15 heavy (non-hydrogen) atoms. The summed E-state index contributed by atoms with van der Waals surface area (Å²) in [6.07, 6.45) is 1.06. The number of benzene rings is 1. The quantitative estimate of drug-likeness (QED) is 0.803. The summed E-state index contributed by atoms with van der Waals surface area (Å²) in [6, 6.07) is 8.95. The maximum Gasteiger partial charge on any atom is -0.00715 e. The summed E-state index contributed by atoms with van der Waals surface area (Å²) in [6.45, 7) is 9.73. The molecule has 0 saturated heterocycles. The summed E-state index contributed by atoms with van der Waals surface area (Å²) in [5.41, 5.74) is 8.60. The Kier molecular flexibility index (Phi) is 3.92. The molecule has 0 aliphatic rings. The van der Waals surface area contributed by atoms with E-state index in [4.69, 9.17) is 5.73 Å². The van der Waals surface area contributed by atoms with Gasteiger partial charge in [-0.1, -0.05) is 52.0 Å². The molecule has 1 aromatic rings. The second-order valence-corrected chi connectivity index (χ2v) is 5.35. The summed E-state index contributed by atoms with van der Waals surface area (Å²) >= 11 is 0. The monoisotopic (exact) mass is 205 g/mol. The van der Waals surface area contributed by atoms with Crippen LogP contribution in [0.15, 0.2) is 24.3 Å². The summed E-state index contributed by atoms with van der Waals surface area (Å²) in [5, 5.41) is 0. The molecular formula is C14H23N. The van der Waals surface area contributed by atoms with Crippen LogP contribution in [0, 0.1) is 0 Å². The molecule has 1 aromatic carbocycles. The molecule has 0 heterocycles. The first-order valence-electron chi connectivity index (χ1n) is 5.75. The third-order valence-corrected chi connectivity index (χ3v) is 2.95. The first-order valence-corrected chi connectivity index (χ1v) is 5.75. The predicted octanol–water partition coefficient (Wildman–Crippen LogP) is 3.44. The normalized spacial score (nSPS) is 13.9. The van der Waals surface area contributed by atoms with Crippen molar-refractivity contribution in [1.29, 1.82) is 0 Å². The Labute approximate surface area is 93.7 Å². The molecule has 1 rings (SSSR count).